The van der Waals surface area contributed by atoms with Crippen LogP contribution in [0.15, 0.2) is 48.8 Å². The van der Waals surface area contributed by atoms with E-state index in [2.05, 4.69) is 12.6 Å². The van der Waals surface area contributed by atoms with Gasteiger partial charge in [0, 0.05) is 30.6 Å². The fourth-order valence-corrected chi connectivity index (χ4v) is 2.65. The highest BCUT2D eigenvalue weighted by molar-refractivity contribution is 7.81. The van der Waals surface area contributed by atoms with Crippen LogP contribution in [-0.2, 0) is 4.79 Å². The summed E-state index contributed by atoms with van der Waals surface area (Å²) in [6, 6.07) is 11.9. The number of thiol groups is 1. The van der Waals surface area contributed by atoms with E-state index in [-0.39, 0.29) is 11.2 Å². The Labute approximate surface area is 111 Å². The van der Waals surface area contributed by atoms with E-state index in [0.29, 0.717) is 13.0 Å². The molecule has 0 bridgehead atoms. The second-order valence-corrected chi connectivity index (χ2v) is 5.17. The second kappa shape index (κ2) is 4.53. The molecule has 1 aliphatic heterocycles. The zero-order valence-electron chi connectivity index (χ0n) is 9.86. The van der Waals surface area contributed by atoms with Gasteiger partial charge in [-0.25, -0.2) is 0 Å². The molecule has 0 radical (unpaired) electrons. The van der Waals surface area contributed by atoms with E-state index in [4.69, 9.17) is 0 Å². The first-order chi connectivity index (χ1) is 8.75. The van der Waals surface area contributed by atoms with Crippen molar-refractivity contribution in [2.45, 2.75) is 11.7 Å². The lowest BCUT2D eigenvalue weighted by Gasteiger charge is -2.20. The number of nitrogens with zero attached hydrogens (tertiary/aromatic N) is 2. The molecular formula is C14H14N2OS. The van der Waals surface area contributed by atoms with Crippen molar-refractivity contribution in [1.29, 1.82) is 0 Å². The van der Waals surface area contributed by atoms with E-state index >= 15 is 0 Å². The third-order valence-electron chi connectivity index (χ3n) is 3.16. The van der Waals surface area contributed by atoms with Gasteiger partial charge in [0.25, 0.3) is 0 Å². The number of rotatable bonds is 2. The Morgan fingerprint density at radius 2 is 1.72 bits per heavy atom. The summed E-state index contributed by atoms with van der Waals surface area (Å²) in [5, 5.41) is 0.134. The predicted octanol–water partition coefficient (Wildman–Crippen LogP) is 2.51. The van der Waals surface area contributed by atoms with Gasteiger partial charge >= 0.3 is 0 Å². The summed E-state index contributed by atoms with van der Waals surface area (Å²) in [6.45, 7) is 0.681. The molecule has 1 fully saturated rings. The summed E-state index contributed by atoms with van der Waals surface area (Å²) in [5.41, 5.74) is 1.98. The van der Waals surface area contributed by atoms with E-state index in [9.17, 15) is 4.79 Å². The third-order valence-corrected chi connectivity index (χ3v) is 3.51. The number of anilines is 1. The van der Waals surface area contributed by atoms with Crippen LogP contribution in [-0.4, -0.2) is 22.3 Å². The van der Waals surface area contributed by atoms with Gasteiger partial charge in [-0.2, -0.15) is 12.6 Å². The number of hydrogen-bond donors (Lipinski definition) is 1. The Morgan fingerprint density at radius 1 is 1.06 bits per heavy atom. The Kier molecular flexibility index (Phi) is 2.88. The minimum atomic E-state index is 0.134. The topological polar surface area (TPSA) is 25.2 Å². The van der Waals surface area contributed by atoms with Gasteiger partial charge < -0.3 is 9.47 Å². The number of amides is 1. The SMILES string of the molecule is O=C1CC(S)CN1c1ccccc1-n1cccc1. The van der Waals surface area contributed by atoms with Gasteiger partial charge in [-0.15, -0.1) is 0 Å². The van der Waals surface area contributed by atoms with Crippen molar-refractivity contribution in [2.75, 3.05) is 11.4 Å². The molecule has 2 aromatic rings. The molecule has 0 N–H and O–H groups in total. The molecule has 1 atom stereocenters. The molecule has 2 heterocycles. The summed E-state index contributed by atoms with van der Waals surface area (Å²) in [6.07, 6.45) is 4.48. The van der Waals surface area contributed by atoms with Crippen molar-refractivity contribution in [3.8, 4) is 5.69 Å². The highest BCUT2D eigenvalue weighted by atomic mass is 32.1. The van der Waals surface area contributed by atoms with Crippen LogP contribution < -0.4 is 4.90 Å². The molecule has 0 aliphatic carbocycles. The summed E-state index contributed by atoms with van der Waals surface area (Å²) >= 11 is 4.40. The van der Waals surface area contributed by atoms with Crippen LogP contribution in [0.3, 0.4) is 0 Å². The molecular weight excluding hydrogens is 244 g/mol. The van der Waals surface area contributed by atoms with Gasteiger partial charge in [-0.05, 0) is 24.3 Å². The first-order valence-corrected chi connectivity index (χ1v) is 6.48. The molecule has 1 aliphatic rings. The van der Waals surface area contributed by atoms with E-state index < -0.39 is 0 Å². The van der Waals surface area contributed by atoms with Gasteiger partial charge in [-0.3, -0.25) is 4.79 Å². The number of hydrogen-bond acceptors (Lipinski definition) is 2. The van der Waals surface area contributed by atoms with Crippen LogP contribution in [0.25, 0.3) is 5.69 Å². The van der Waals surface area contributed by atoms with Crippen LogP contribution in [0.2, 0.25) is 0 Å². The Balaban J connectivity index is 2.05. The summed E-state index contributed by atoms with van der Waals surface area (Å²) in [7, 11) is 0. The highest BCUT2D eigenvalue weighted by Gasteiger charge is 2.29. The molecule has 1 saturated heterocycles. The minimum Gasteiger partial charge on any atom is -0.322 e. The van der Waals surface area contributed by atoms with Gasteiger partial charge in [0.15, 0.2) is 0 Å². The van der Waals surface area contributed by atoms with Crippen molar-refractivity contribution in [2.24, 2.45) is 0 Å². The second-order valence-electron chi connectivity index (χ2n) is 4.44. The third kappa shape index (κ3) is 1.93. The summed E-state index contributed by atoms with van der Waals surface area (Å²) < 4.78 is 2.02. The number of aromatic nitrogens is 1. The number of benzene rings is 1. The van der Waals surface area contributed by atoms with Crippen molar-refractivity contribution in [3.05, 3.63) is 48.8 Å². The lowest BCUT2D eigenvalue weighted by Crippen LogP contribution is -2.25. The van der Waals surface area contributed by atoms with Gasteiger partial charge in [0.05, 0.1) is 11.4 Å². The van der Waals surface area contributed by atoms with Crippen LogP contribution in [0, 0.1) is 0 Å². The first-order valence-electron chi connectivity index (χ1n) is 5.96. The van der Waals surface area contributed by atoms with E-state index in [0.717, 1.165) is 11.4 Å². The van der Waals surface area contributed by atoms with Gasteiger partial charge in [0.2, 0.25) is 5.91 Å². The maximum absolute atomic E-state index is 12.0. The maximum Gasteiger partial charge on any atom is 0.228 e. The molecule has 0 spiro atoms. The normalized spacial score (nSPS) is 19.5. The average Bonchev–Trinajstić information content (AvgIpc) is 2.99. The van der Waals surface area contributed by atoms with E-state index in [1.54, 1.807) is 0 Å². The van der Waals surface area contributed by atoms with Crippen molar-refractivity contribution in [3.63, 3.8) is 0 Å². The van der Waals surface area contributed by atoms with Crippen LogP contribution in [0.4, 0.5) is 5.69 Å². The predicted molar refractivity (Wildman–Crippen MR) is 75.5 cm³/mol. The quantitative estimate of drug-likeness (QED) is 0.823. The largest absolute Gasteiger partial charge is 0.322 e. The van der Waals surface area contributed by atoms with E-state index in [1.165, 1.54) is 0 Å². The molecule has 92 valence electrons. The number of para-hydroxylation sites is 2. The van der Waals surface area contributed by atoms with Gasteiger partial charge in [-0.1, -0.05) is 12.1 Å². The van der Waals surface area contributed by atoms with E-state index in [1.807, 2.05) is 58.3 Å². The molecule has 1 amide bonds. The van der Waals surface area contributed by atoms with Crippen molar-refractivity contribution < 1.29 is 4.79 Å². The summed E-state index contributed by atoms with van der Waals surface area (Å²) in [4.78, 5) is 13.8. The van der Waals surface area contributed by atoms with Crippen LogP contribution in [0.5, 0.6) is 0 Å². The zero-order valence-corrected chi connectivity index (χ0v) is 10.8. The molecule has 0 saturated carbocycles. The standard InChI is InChI=1S/C14H14N2OS/c17-14-9-11(18)10-16(14)13-6-2-1-5-12(13)15-7-3-4-8-15/h1-8,11,18H,9-10H2. The number of carbonyl (C=O) groups excluding carboxylic acids is 1. The molecule has 3 nitrogen and oxygen atoms in total. The molecule has 1 unspecified atom stereocenters. The average molecular weight is 258 g/mol. The minimum absolute atomic E-state index is 0.134. The van der Waals surface area contributed by atoms with Crippen LogP contribution >= 0.6 is 12.6 Å². The summed E-state index contributed by atoms with van der Waals surface area (Å²) in [5.74, 6) is 0.148. The monoisotopic (exact) mass is 258 g/mol. The van der Waals surface area contributed by atoms with Crippen molar-refractivity contribution >= 4 is 24.2 Å². The van der Waals surface area contributed by atoms with Crippen LogP contribution in [0.1, 0.15) is 6.42 Å². The Morgan fingerprint density at radius 3 is 2.33 bits per heavy atom. The molecule has 3 rings (SSSR count). The number of carbonyl (C=O) groups is 1. The first kappa shape index (κ1) is 11.4. The van der Waals surface area contributed by atoms with Gasteiger partial charge in [0.1, 0.15) is 0 Å². The molecule has 1 aromatic heterocycles. The molecule has 1 aromatic carbocycles. The Bertz CT molecular complexity index is 565. The fraction of sp³-hybridized carbons (Fsp3) is 0.214. The zero-order chi connectivity index (χ0) is 12.5. The highest BCUT2D eigenvalue weighted by Crippen LogP contribution is 2.29. The smallest absolute Gasteiger partial charge is 0.228 e. The maximum atomic E-state index is 12.0. The van der Waals surface area contributed by atoms with Crippen molar-refractivity contribution in [1.82, 2.24) is 4.57 Å². The lowest BCUT2D eigenvalue weighted by atomic mass is 10.2. The lowest BCUT2D eigenvalue weighted by molar-refractivity contribution is -0.117. The fourth-order valence-electron chi connectivity index (χ4n) is 2.33. The molecule has 4 heteroatoms. The Hall–Kier alpha value is -1.68. The molecule has 18 heavy (non-hydrogen) atoms.